The lowest BCUT2D eigenvalue weighted by atomic mass is 10.2. The quantitative estimate of drug-likeness (QED) is 0.627. The average molecular weight is 163 g/mol. The first-order valence-corrected chi connectivity index (χ1v) is 4.57. The Balaban J connectivity index is 2.31. The molecule has 0 amide bonds. The van der Waals surface area contributed by atoms with Gasteiger partial charge in [-0.15, -0.1) is 0 Å². The van der Waals surface area contributed by atoms with Crippen molar-refractivity contribution < 1.29 is 8.42 Å². The maximum absolute atomic E-state index is 10.4. The number of sulfonamides is 1. The normalized spacial score (nSPS) is 21.0. The topological polar surface area (TPSA) is 84.9 Å². The lowest BCUT2D eigenvalue weighted by Gasteiger charge is -1.99. The Morgan fingerprint density at radius 2 is 2.00 bits per heavy atom. The van der Waals surface area contributed by atoms with E-state index in [2.05, 4.69) is 10.2 Å². The zero-order valence-electron chi connectivity index (χ0n) is 5.61. The van der Waals surface area contributed by atoms with Crippen molar-refractivity contribution in [3.8, 4) is 0 Å². The van der Waals surface area contributed by atoms with Crippen molar-refractivity contribution in [3.05, 3.63) is 0 Å². The predicted octanol–water partition coefficient (Wildman–Crippen LogP) is -0.153. The van der Waals surface area contributed by atoms with Gasteiger partial charge in [-0.05, 0) is 6.92 Å². The van der Waals surface area contributed by atoms with Crippen molar-refractivity contribution in [1.29, 1.82) is 0 Å². The van der Waals surface area contributed by atoms with Crippen LogP contribution in [-0.4, -0.2) is 19.8 Å². The number of hydrogen-bond acceptors (Lipinski definition) is 4. The Kier molecular flexibility index (Phi) is 1.52. The third kappa shape index (κ3) is 2.40. The van der Waals surface area contributed by atoms with Gasteiger partial charge in [-0.25, -0.2) is 13.6 Å². The van der Waals surface area contributed by atoms with Gasteiger partial charge in [-0.3, -0.25) is 0 Å². The number of primary sulfonamides is 1. The van der Waals surface area contributed by atoms with Gasteiger partial charge in [-0.1, -0.05) is 0 Å². The highest BCUT2D eigenvalue weighted by Crippen LogP contribution is 2.30. The molecule has 0 aromatic rings. The van der Waals surface area contributed by atoms with Gasteiger partial charge in [0.15, 0.2) is 5.66 Å². The number of nitrogens with two attached hydrogens (primary N) is 1. The van der Waals surface area contributed by atoms with E-state index in [9.17, 15) is 8.42 Å². The summed E-state index contributed by atoms with van der Waals surface area (Å²) in [6.45, 7) is 1.76. The van der Waals surface area contributed by atoms with E-state index in [-0.39, 0.29) is 5.75 Å². The summed E-state index contributed by atoms with van der Waals surface area (Å²) in [5.74, 6) is -0.0451. The Morgan fingerprint density at radius 1 is 1.50 bits per heavy atom. The van der Waals surface area contributed by atoms with Gasteiger partial charge in [-0.2, -0.15) is 10.2 Å². The van der Waals surface area contributed by atoms with Crippen LogP contribution in [0.1, 0.15) is 13.3 Å². The average Bonchev–Trinajstić information content (AvgIpc) is 2.43. The minimum Gasteiger partial charge on any atom is -0.229 e. The predicted molar refractivity (Wildman–Crippen MR) is 35.9 cm³/mol. The second kappa shape index (κ2) is 2.00. The summed E-state index contributed by atoms with van der Waals surface area (Å²) in [4.78, 5) is 0. The molecule has 0 saturated carbocycles. The fraction of sp³-hybridized carbons (Fsp3) is 1.00. The molecular formula is C4H9N3O2S. The van der Waals surface area contributed by atoms with Crippen molar-refractivity contribution in [1.82, 2.24) is 0 Å². The van der Waals surface area contributed by atoms with Crippen molar-refractivity contribution in [3.63, 3.8) is 0 Å². The molecule has 0 aliphatic carbocycles. The molecule has 0 radical (unpaired) electrons. The molecule has 0 unspecified atom stereocenters. The third-order valence-corrected chi connectivity index (χ3v) is 2.07. The van der Waals surface area contributed by atoms with E-state index >= 15 is 0 Å². The Hall–Kier alpha value is -0.490. The maximum Gasteiger partial charge on any atom is 0.209 e. The van der Waals surface area contributed by atoms with Gasteiger partial charge in [0.2, 0.25) is 10.0 Å². The van der Waals surface area contributed by atoms with Gasteiger partial charge < -0.3 is 0 Å². The first kappa shape index (κ1) is 7.62. The van der Waals surface area contributed by atoms with Crippen LogP contribution in [0.15, 0.2) is 10.2 Å². The van der Waals surface area contributed by atoms with Crippen molar-refractivity contribution in [2.45, 2.75) is 19.0 Å². The summed E-state index contributed by atoms with van der Waals surface area (Å²) in [6, 6.07) is 0. The van der Waals surface area contributed by atoms with Gasteiger partial charge in [0.25, 0.3) is 0 Å². The molecule has 0 aromatic carbocycles. The molecule has 10 heavy (non-hydrogen) atoms. The third-order valence-electron chi connectivity index (χ3n) is 1.30. The molecule has 1 aliphatic rings. The molecule has 0 saturated heterocycles. The van der Waals surface area contributed by atoms with Crippen LogP contribution in [0.2, 0.25) is 0 Å². The zero-order valence-corrected chi connectivity index (χ0v) is 6.43. The molecule has 1 aliphatic heterocycles. The van der Waals surface area contributed by atoms with Crippen LogP contribution in [0.3, 0.4) is 0 Å². The van der Waals surface area contributed by atoms with Crippen molar-refractivity contribution in [2.75, 3.05) is 5.75 Å². The molecule has 5 nitrogen and oxygen atoms in total. The summed E-state index contributed by atoms with van der Waals surface area (Å²) < 4.78 is 20.8. The molecule has 0 bridgehead atoms. The van der Waals surface area contributed by atoms with Crippen molar-refractivity contribution in [2.24, 2.45) is 15.4 Å². The SMILES string of the molecule is CC1(CCS(N)(=O)=O)N=N1. The van der Waals surface area contributed by atoms with E-state index in [0.717, 1.165) is 0 Å². The largest absolute Gasteiger partial charge is 0.229 e. The van der Waals surface area contributed by atoms with E-state index in [1.165, 1.54) is 0 Å². The summed E-state index contributed by atoms with van der Waals surface area (Å²) in [5, 5.41) is 12.0. The lowest BCUT2D eigenvalue weighted by molar-refractivity contribution is 0.579. The first-order valence-electron chi connectivity index (χ1n) is 2.86. The van der Waals surface area contributed by atoms with Crippen LogP contribution in [-0.2, 0) is 10.0 Å². The molecular weight excluding hydrogens is 154 g/mol. The maximum atomic E-state index is 10.4. The van der Waals surface area contributed by atoms with Crippen LogP contribution in [0.25, 0.3) is 0 Å². The Bertz CT molecular complexity index is 250. The van der Waals surface area contributed by atoms with Gasteiger partial charge in [0.05, 0.1) is 5.75 Å². The van der Waals surface area contributed by atoms with E-state index in [1.54, 1.807) is 6.92 Å². The van der Waals surface area contributed by atoms with E-state index in [4.69, 9.17) is 5.14 Å². The highest BCUT2D eigenvalue weighted by Gasteiger charge is 2.34. The minimum absolute atomic E-state index is 0.0451. The summed E-state index contributed by atoms with van der Waals surface area (Å²) in [6.07, 6.45) is 0.395. The smallest absolute Gasteiger partial charge is 0.209 e. The van der Waals surface area contributed by atoms with Gasteiger partial charge >= 0.3 is 0 Å². The number of hydrogen-bond donors (Lipinski definition) is 1. The standard InChI is InChI=1S/C4H9N3O2S/c1-4(6-7-4)2-3-10(5,8)9/h2-3H2,1H3,(H2,5,8,9). The minimum atomic E-state index is -3.34. The first-order chi connectivity index (χ1) is 4.41. The summed E-state index contributed by atoms with van der Waals surface area (Å²) in [7, 11) is -3.34. The highest BCUT2D eigenvalue weighted by atomic mass is 32.2. The second-order valence-electron chi connectivity index (χ2n) is 2.53. The van der Waals surface area contributed by atoms with Crippen molar-refractivity contribution >= 4 is 10.0 Å². The van der Waals surface area contributed by atoms with E-state index in [1.807, 2.05) is 0 Å². The zero-order chi connectivity index (χ0) is 7.83. The van der Waals surface area contributed by atoms with Crippen LogP contribution in [0.4, 0.5) is 0 Å². The number of rotatable bonds is 3. The molecule has 1 heterocycles. The van der Waals surface area contributed by atoms with Gasteiger partial charge in [0.1, 0.15) is 0 Å². The lowest BCUT2D eigenvalue weighted by Crippen LogP contribution is -2.20. The molecule has 0 atom stereocenters. The fourth-order valence-electron chi connectivity index (χ4n) is 0.521. The summed E-state index contributed by atoms with van der Waals surface area (Å²) in [5.41, 5.74) is -0.452. The van der Waals surface area contributed by atoms with E-state index < -0.39 is 15.7 Å². The molecule has 2 N–H and O–H groups in total. The fourth-order valence-corrected chi connectivity index (χ4v) is 1.19. The van der Waals surface area contributed by atoms with E-state index in [0.29, 0.717) is 6.42 Å². The van der Waals surface area contributed by atoms with Crippen LogP contribution < -0.4 is 5.14 Å². The highest BCUT2D eigenvalue weighted by molar-refractivity contribution is 7.89. The molecule has 0 aromatic heterocycles. The van der Waals surface area contributed by atoms with Crippen LogP contribution >= 0.6 is 0 Å². The molecule has 1 rings (SSSR count). The molecule has 6 heteroatoms. The Labute approximate surface area is 59.4 Å². The number of nitrogens with zero attached hydrogens (tertiary/aromatic N) is 2. The van der Waals surface area contributed by atoms with Crippen LogP contribution in [0.5, 0.6) is 0 Å². The van der Waals surface area contributed by atoms with Crippen LogP contribution in [0, 0.1) is 0 Å². The molecule has 58 valence electrons. The molecule has 0 spiro atoms. The Morgan fingerprint density at radius 3 is 2.30 bits per heavy atom. The second-order valence-corrected chi connectivity index (χ2v) is 4.27. The summed E-state index contributed by atoms with van der Waals surface area (Å²) >= 11 is 0. The monoisotopic (exact) mass is 163 g/mol. The van der Waals surface area contributed by atoms with Gasteiger partial charge in [0, 0.05) is 6.42 Å². The molecule has 0 fully saturated rings.